The fourth-order valence-corrected chi connectivity index (χ4v) is 4.73. The van der Waals surface area contributed by atoms with Gasteiger partial charge in [0.15, 0.2) is 0 Å². The highest BCUT2D eigenvalue weighted by atomic mass is 19.4. The standard InChI is InChI=1S/C20H31F3N2O2/c1-3-9-19(10-5-6-15(4-2)13-19)14-17(26)24-16-7-11-25(12-8-16)18(27)20(21,22)23/h4,15-16H,2-3,5-14H2,1H3,(H,24,26). The van der Waals surface area contributed by atoms with Crippen LogP contribution >= 0.6 is 0 Å². The Balaban J connectivity index is 1.86. The first-order valence-corrected chi connectivity index (χ1v) is 9.97. The maximum Gasteiger partial charge on any atom is 0.471 e. The Hall–Kier alpha value is -1.53. The average molecular weight is 388 g/mol. The van der Waals surface area contributed by atoms with Crippen LogP contribution in [0.3, 0.4) is 0 Å². The molecular formula is C20H31F3N2O2. The van der Waals surface area contributed by atoms with E-state index in [1.807, 2.05) is 6.08 Å². The van der Waals surface area contributed by atoms with Crippen molar-refractivity contribution >= 4 is 11.8 Å². The highest BCUT2D eigenvalue weighted by molar-refractivity contribution is 5.82. The Bertz CT molecular complexity index is 538. The molecule has 0 aromatic rings. The second-order valence-electron chi connectivity index (χ2n) is 8.15. The molecule has 1 aliphatic carbocycles. The van der Waals surface area contributed by atoms with E-state index in [2.05, 4.69) is 18.8 Å². The molecule has 0 radical (unpaired) electrons. The second kappa shape index (κ2) is 9.11. The summed E-state index contributed by atoms with van der Waals surface area (Å²) in [4.78, 5) is 24.8. The van der Waals surface area contributed by atoms with Crippen molar-refractivity contribution in [1.29, 1.82) is 0 Å². The van der Waals surface area contributed by atoms with Crippen LogP contribution < -0.4 is 5.32 Å². The summed E-state index contributed by atoms with van der Waals surface area (Å²) in [5.74, 6) is -1.35. The molecule has 2 unspecified atom stereocenters. The summed E-state index contributed by atoms with van der Waals surface area (Å²) >= 11 is 0. The van der Waals surface area contributed by atoms with E-state index in [1.54, 1.807) is 0 Å². The first-order valence-electron chi connectivity index (χ1n) is 9.97. The van der Waals surface area contributed by atoms with E-state index in [-0.39, 0.29) is 30.5 Å². The van der Waals surface area contributed by atoms with Crippen LogP contribution in [0.5, 0.6) is 0 Å². The van der Waals surface area contributed by atoms with Crippen molar-refractivity contribution in [2.24, 2.45) is 11.3 Å². The summed E-state index contributed by atoms with van der Waals surface area (Å²) < 4.78 is 37.5. The molecule has 27 heavy (non-hydrogen) atoms. The quantitative estimate of drug-likeness (QED) is 0.693. The number of allylic oxidation sites excluding steroid dienone is 1. The highest BCUT2D eigenvalue weighted by Gasteiger charge is 2.43. The van der Waals surface area contributed by atoms with Gasteiger partial charge in [-0.1, -0.05) is 25.8 Å². The Morgan fingerprint density at radius 2 is 1.93 bits per heavy atom. The van der Waals surface area contributed by atoms with Crippen LogP contribution in [0.2, 0.25) is 0 Å². The minimum Gasteiger partial charge on any atom is -0.353 e. The van der Waals surface area contributed by atoms with E-state index in [4.69, 9.17) is 0 Å². The van der Waals surface area contributed by atoms with Gasteiger partial charge in [-0.2, -0.15) is 13.2 Å². The van der Waals surface area contributed by atoms with E-state index in [9.17, 15) is 22.8 Å². The van der Waals surface area contributed by atoms with Gasteiger partial charge in [0.25, 0.3) is 0 Å². The third-order valence-corrected chi connectivity index (χ3v) is 6.02. The van der Waals surface area contributed by atoms with Gasteiger partial charge in [0.1, 0.15) is 0 Å². The molecule has 1 aliphatic heterocycles. The van der Waals surface area contributed by atoms with E-state index in [1.165, 1.54) is 0 Å². The van der Waals surface area contributed by atoms with Gasteiger partial charge in [-0.05, 0) is 49.9 Å². The Labute approximate surface area is 159 Å². The lowest BCUT2D eigenvalue weighted by molar-refractivity contribution is -0.186. The first-order chi connectivity index (χ1) is 12.7. The van der Waals surface area contributed by atoms with Crippen molar-refractivity contribution in [1.82, 2.24) is 10.2 Å². The zero-order valence-electron chi connectivity index (χ0n) is 16.1. The minimum absolute atomic E-state index is 0.00287. The number of nitrogens with zero attached hydrogens (tertiary/aromatic N) is 1. The van der Waals surface area contributed by atoms with Gasteiger partial charge < -0.3 is 10.2 Å². The van der Waals surface area contributed by atoms with Crippen LogP contribution in [0, 0.1) is 11.3 Å². The fourth-order valence-electron chi connectivity index (χ4n) is 4.73. The summed E-state index contributed by atoms with van der Waals surface area (Å²) in [6.45, 7) is 6.10. The molecule has 1 heterocycles. The average Bonchev–Trinajstić information content (AvgIpc) is 2.61. The van der Waals surface area contributed by atoms with Crippen molar-refractivity contribution in [3.8, 4) is 0 Å². The minimum atomic E-state index is -4.83. The normalized spacial score (nSPS) is 27.3. The first kappa shape index (κ1) is 21.8. The monoisotopic (exact) mass is 388 g/mol. The zero-order valence-corrected chi connectivity index (χ0v) is 16.1. The number of piperidine rings is 1. The summed E-state index contributed by atoms with van der Waals surface area (Å²) in [7, 11) is 0. The lowest BCUT2D eigenvalue weighted by atomic mass is 9.65. The van der Waals surface area contributed by atoms with Crippen LogP contribution in [0.1, 0.15) is 64.7 Å². The largest absolute Gasteiger partial charge is 0.471 e. The Kier molecular flexibility index (Phi) is 7.34. The molecule has 2 fully saturated rings. The lowest BCUT2D eigenvalue weighted by Gasteiger charge is -2.40. The molecule has 2 rings (SSSR count). The fraction of sp³-hybridized carbons (Fsp3) is 0.800. The summed E-state index contributed by atoms with van der Waals surface area (Å²) in [6.07, 6.45) is 4.64. The molecule has 0 aromatic heterocycles. The molecule has 2 aliphatic rings. The molecule has 1 N–H and O–H groups in total. The summed E-state index contributed by atoms with van der Waals surface area (Å²) in [5.41, 5.74) is 0.00287. The van der Waals surface area contributed by atoms with Crippen LogP contribution in [0.15, 0.2) is 12.7 Å². The van der Waals surface area contributed by atoms with Gasteiger partial charge >= 0.3 is 12.1 Å². The maximum absolute atomic E-state index is 12.6. The molecule has 2 amide bonds. The summed E-state index contributed by atoms with van der Waals surface area (Å²) in [6, 6.07) is -0.160. The van der Waals surface area contributed by atoms with Gasteiger partial charge in [-0.15, -0.1) is 6.58 Å². The van der Waals surface area contributed by atoms with Crippen molar-refractivity contribution in [3.63, 3.8) is 0 Å². The smallest absolute Gasteiger partial charge is 0.353 e. The number of amides is 2. The molecule has 0 aromatic carbocycles. The predicted molar refractivity (Wildman–Crippen MR) is 97.9 cm³/mol. The van der Waals surface area contributed by atoms with Gasteiger partial charge in [0, 0.05) is 25.6 Å². The van der Waals surface area contributed by atoms with Crippen molar-refractivity contribution in [3.05, 3.63) is 12.7 Å². The molecular weight excluding hydrogens is 357 g/mol. The van der Waals surface area contributed by atoms with Crippen molar-refractivity contribution in [2.75, 3.05) is 13.1 Å². The topological polar surface area (TPSA) is 49.4 Å². The van der Waals surface area contributed by atoms with E-state index in [0.29, 0.717) is 25.2 Å². The van der Waals surface area contributed by atoms with Gasteiger partial charge in [-0.3, -0.25) is 9.59 Å². The van der Waals surface area contributed by atoms with Gasteiger partial charge in [0.2, 0.25) is 5.91 Å². The van der Waals surface area contributed by atoms with Crippen LogP contribution in [0.4, 0.5) is 13.2 Å². The molecule has 2 atom stereocenters. The van der Waals surface area contributed by atoms with Gasteiger partial charge in [0.05, 0.1) is 0 Å². The van der Waals surface area contributed by atoms with E-state index in [0.717, 1.165) is 43.4 Å². The molecule has 1 saturated carbocycles. The van der Waals surface area contributed by atoms with Crippen LogP contribution in [-0.2, 0) is 9.59 Å². The molecule has 4 nitrogen and oxygen atoms in total. The van der Waals surface area contributed by atoms with E-state index >= 15 is 0 Å². The number of alkyl halides is 3. The number of hydrogen-bond acceptors (Lipinski definition) is 2. The van der Waals surface area contributed by atoms with Crippen LogP contribution in [-0.4, -0.2) is 42.0 Å². The highest BCUT2D eigenvalue weighted by Crippen LogP contribution is 2.45. The van der Waals surface area contributed by atoms with E-state index < -0.39 is 12.1 Å². The number of carbonyl (C=O) groups excluding carboxylic acids is 2. The predicted octanol–water partition coefficient (Wildman–Crippen LogP) is 4.21. The number of rotatable bonds is 6. The third-order valence-electron chi connectivity index (χ3n) is 6.02. The molecule has 0 spiro atoms. The SMILES string of the molecule is C=CC1CCCC(CCC)(CC(=O)NC2CCN(C(=O)C(F)(F)F)CC2)C1. The number of carbonyl (C=O) groups is 2. The van der Waals surface area contributed by atoms with Crippen molar-refractivity contribution in [2.45, 2.75) is 76.9 Å². The molecule has 0 bridgehead atoms. The molecule has 154 valence electrons. The number of hydrogen-bond donors (Lipinski definition) is 1. The molecule has 1 saturated heterocycles. The number of nitrogens with one attached hydrogen (secondary N) is 1. The maximum atomic E-state index is 12.6. The van der Waals surface area contributed by atoms with Gasteiger partial charge in [-0.25, -0.2) is 0 Å². The third kappa shape index (κ3) is 5.98. The number of halogens is 3. The second-order valence-corrected chi connectivity index (χ2v) is 8.15. The van der Waals surface area contributed by atoms with Crippen molar-refractivity contribution < 1.29 is 22.8 Å². The summed E-state index contributed by atoms with van der Waals surface area (Å²) in [5, 5.41) is 3.00. The Morgan fingerprint density at radius 3 is 2.48 bits per heavy atom. The lowest BCUT2D eigenvalue weighted by Crippen LogP contribution is -2.50. The Morgan fingerprint density at radius 1 is 1.26 bits per heavy atom. The van der Waals surface area contributed by atoms with Crippen LogP contribution in [0.25, 0.3) is 0 Å². The zero-order chi connectivity index (χ0) is 20.1. The molecule has 7 heteroatoms. The number of likely N-dealkylation sites (tertiary alicyclic amines) is 1.